The zero-order valence-corrected chi connectivity index (χ0v) is 20.3. The van der Waals surface area contributed by atoms with Crippen LogP contribution in [0.25, 0.3) is 0 Å². The van der Waals surface area contributed by atoms with Crippen molar-refractivity contribution >= 4 is 11.5 Å². The number of hydrogen-bond acceptors (Lipinski definition) is 7. The molecule has 2 aliphatic heterocycles. The molecule has 3 aromatic rings. The highest BCUT2D eigenvalue weighted by atomic mass is 19.1. The van der Waals surface area contributed by atoms with Crippen LogP contribution in [0.3, 0.4) is 0 Å². The molecular formula is C27H31FN4O3. The fourth-order valence-electron chi connectivity index (χ4n) is 4.92. The minimum absolute atomic E-state index is 0.0265. The van der Waals surface area contributed by atoms with Crippen LogP contribution in [0.15, 0.2) is 48.8 Å². The van der Waals surface area contributed by atoms with Gasteiger partial charge in [0, 0.05) is 31.5 Å². The molecule has 2 aromatic carbocycles. The van der Waals surface area contributed by atoms with Crippen molar-refractivity contribution in [1.29, 1.82) is 0 Å². The number of rotatable bonds is 7. The molecular weight excluding hydrogens is 447 g/mol. The number of nitrogens with zero attached hydrogens (tertiary/aromatic N) is 3. The van der Waals surface area contributed by atoms with E-state index in [1.807, 2.05) is 32.0 Å². The third kappa shape index (κ3) is 5.23. The van der Waals surface area contributed by atoms with Crippen LogP contribution >= 0.6 is 0 Å². The highest BCUT2D eigenvalue weighted by molar-refractivity contribution is 5.61. The molecule has 8 heteroatoms. The molecule has 5 rings (SSSR count). The van der Waals surface area contributed by atoms with Gasteiger partial charge in [0.25, 0.3) is 0 Å². The van der Waals surface area contributed by atoms with E-state index in [1.54, 1.807) is 13.2 Å². The number of fused-ring (bicyclic) bond motifs is 2. The molecule has 2 bridgehead atoms. The highest BCUT2D eigenvalue weighted by Crippen LogP contribution is 2.33. The van der Waals surface area contributed by atoms with Gasteiger partial charge in [0.1, 0.15) is 29.8 Å². The monoisotopic (exact) mass is 478 g/mol. The largest absolute Gasteiger partial charge is 0.497 e. The average molecular weight is 479 g/mol. The SMILES string of the molecule is COc1ccc(CN2C3COC[C@H]2C[C@H](Oc2ncnc(Nc4ccc(C)cc4F)c2C)C3)cc1. The van der Waals surface area contributed by atoms with E-state index in [0.29, 0.717) is 30.6 Å². The molecule has 0 aliphatic carbocycles. The van der Waals surface area contributed by atoms with E-state index in [9.17, 15) is 4.39 Å². The summed E-state index contributed by atoms with van der Waals surface area (Å²) in [6, 6.07) is 13.9. The van der Waals surface area contributed by atoms with Gasteiger partial charge < -0.3 is 19.5 Å². The Morgan fingerprint density at radius 3 is 2.49 bits per heavy atom. The maximum atomic E-state index is 14.3. The van der Waals surface area contributed by atoms with Crippen LogP contribution in [0.2, 0.25) is 0 Å². The van der Waals surface area contributed by atoms with E-state index in [0.717, 1.165) is 36.3 Å². The number of ether oxygens (including phenoxy) is 3. The van der Waals surface area contributed by atoms with Crippen molar-refractivity contribution in [3.05, 3.63) is 71.3 Å². The predicted molar refractivity (Wildman–Crippen MR) is 132 cm³/mol. The van der Waals surface area contributed by atoms with E-state index in [4.69, 9.17) is 14.2 Å². The Balaban J connectivity index is 1.27. The van der Waals surface area contributed by atoms with E-state index in [2.05, 4.69) is 32.3 Å². The standard InChI is InChI=1S/C27H31FN4O3/c1-17-4-9-25(24(28)10-17)31-26-18(2)27(30-16-29-26)35-23-11-20-14-34-15-21(12-23)32(20)13-19-5-7-22(33-3)8-6-19/h4-10,16,20-21,23H,11-15H2,1-3H3,(H,29,30,31)/t20-,21?,23+/m1/s1. The Morgan fingerprint density at radius 2 is 1.80 bits per heavy atom. The van der Waals surface area contributed by atoms with Crippen LogP contribution in [0, 0.1) is 19.7 Å². The fourth-order valence-corrected chi connectivity index (χ4v) is 4.92. The van der Waals surface area contributed by atoms with Gasteiger partial charge in [-0.1, -0.05) is 18.2 Å². The minimum Gasteiger partial charge on any atom is -0.497 e. The van der Waals surface area contributed by atoms with Gasteiger partial charge >= 0.3 is 0 Å². The second-order valence-electron chi connectivity index (χ2n) is 9.34. The van der Waals surface area contributed by atoms with Crippen molar-refractivity contribution in [2.75, 3.05) is 25.6 Å². The van der Waals surface area contributed by atoms with Gasteiger partial charge in [0.2, 0.25) is 5.88 Å². The lowest BCUT2D eigenvalue weighted by Crippen LogP contribution is -2.58. The number of halogens is 1. The first-order chi connectivity index (χ1) is 17.0. The molecule has 3 atom stereocenters. The number of methoxy groups -OCH3 is 1. The van der Waals surface area contributed by atoms with Crippen molar-refractivity contribution in [2.45, 2.75) is 51.4 Å². The molecule has 0 saturated carbocycles. The molecule has 1 unspecified atom stereocenters. The summed E-state index contributed by atoms with van der Waals surface area (Å²) in [6.45, 7) is 6.01. The number of nitrogens with one attached hydrogen (secondary N) is 1. The van der Waals surface area contributed by atoms with Crippen LogP contribution in [0.5, 0.6) is 11.6 Å². The van der Waals surface area contributed by atoms with Gasteiger partial charge in [0.05, 0.1) is 31.6 Å². The van der Waals surface area contributed by atoms with Crippen molar-refractivity contribution < 1.29 is 18.6 Å². The molecule has 0 spiro atoms. The van der Waals surface area contributed by atoms with Crippen LogP contribution in [-0.4, -0.2) is 53.4 Å². The molecule has 2 aliphatic rings. The molecule has 3 heterocycles. The lowest BCUT2D eigenvalue weighted by molar-refractivity contribution is -0.104. The minimum atomic E-state index is -0.317. The Bertz CT molecular complexity index is 1160. The summed E-state index contributed by atoms with van der Waals surface area (Å²) in [6.07, 6.45) is 3.19. The molecule has 184 valence electrons. The average Bonchev–Trinajstić information content (AvgIpc) is 2.84. The van der Waals surface area contributed by atoms with E-state index < -0.39 is 0 Å². The molecule has 0 amide bonds. The lowest BCUT2D eigenvalue weighted by Gasteiger charge is -2.48. The topological polar surface area (TPSA) is 68.7 Å². The second kappa shape index (κ2) is 10.2. The first-order valence-electron chi connectivity index (χ1n) is 12.0. The molecule has 35 heavy (non-hydrogen) atoms. The van der Waals surface area contributed by atoms with Gasteiger partial charge in [-0.3, -0.25) is 4.90 Å². The summed E-state index contributed by atoms with van der Waals surface area (Å²) in [5.41, 5.74) is 3.26. The Morgan fingerprint density at radius 1 is 1.06 bits per heavy atom. The third-order valence-corrected chi connectivity index (χ3v) is 6.85. The van der Waals surface area contributed by atoms with Crippen LogP contribution in [0.1, 0.15) is 29.5 Å². The predicted octanol–water partition coefficient (Wildman–Crippen LogP) is 4.80. The highest BCUT2D eigenvalue weighted by Gasteiger charge is 2.40. The van der Waals surface area contributed by atoms with Gasteiger partial charge in [-0.2, -0.15) is 0 Å². The molecule has 1 aromatic heterocycles. The Kier molecular flexibility index (Phi) is 6.83. The number of aromatic nitrogens is 2. The van der Waals surface area contributed by atoms with Gasteiger partial charge in [-0.05, 0) is 49.2 Å². The molecule has 1 N–H and O–H groups in total. The molecule has 2 fully saturated rings. The van der Waals surface area contributed by atoms with E-state index in [-0.39, 0.29) is 24.0 Å². The number of anilines is 2. The zero-order valence-electron chi connectivity index (χ0n) is 20.3. The smallest absolute Gasteiger partial charge is 0.221 e. The number of morpholine rings is 1. The molecule has 0 radical (unpaired) electrons. The summed E-state index contributed by atoms with van der Waals surface area (Å²) in [7, 11) is 1.68. The third-order valence-electron chi connectivity index (χ3n) is 6.85. The first kappa shape index (κ1) is 23.5. The number of hydrogen-bond donors (Lipinski definition) is 1. The fraction of sp³-hybridized carbons (Fsp3) is 0.407. The Labute approximate surface area is 205 Å². The Hall–Kier alpha value is -3.23. The van der Waals surface area contributed by atoms with E-state index >= 15 is 0 Å². The molecule has 2 saturated heterocycles. The normalized spacial score (nSPS) is 22.0. The van der Waals surface area contributed by atoms with Crippen molar-refractivity contribution in [3.63, 3.8) is 0 Å². The van der Waals surface area contributed by atoms with Gasteiger partial charge in [-0.25, -0.2) is 14.4 Å². The number of benzene rings is 2. The van der Waals surface area contributed by atoms with Crippen LogP contribution < -0.4 is 14.8 Å². The van der Waals surface area contributed by atoms with Crippen molar-refractivity contribution in [2.24, 2.45) is 0 Å². The van der Waals surface area contributed by atoms with Gasteiger partial charge in [0.15, 0.2) is 0 Å². The zero-order chi connectivity index (χ0) is 24.4. The van der Waals surface area contributed by atoms with E-state index in [1.165, 1.54) is 18.0 Å². The summed E-state index contributed by atoms with van der Waals surface area (Å²) in [4.78, 5) is 11.2. The maximum absolute atomic E-state index is 14.3. The quantitative estimate of drug-likeness (QED) is 0.523. The lowest BCUT2D eigenvalue weighted by atomic mass is 9.91. The molecule has 7 nitrogen and oxygen atoms in total. The van der Waals surface area contributed by atoms with Crippen molar-refractivity contribution in [3.8, 4) is 11.6 Å². The summed E-state index contributed by atoms with van der Waals surface area (Å²) in [5, 5.41) is 3.08. The summed E-state index contributed by atoms with van der Waals surface area (Å²) < 4.78 is 31.9. The maximum Gasteiger partial charge on any atom is 0.221 e. The van der Waals surface area contributed by atoms with Crippen LogP contribution in [-0.2, 0) is 11.3 Å². The first-order valence-corrected chi connectivity index (χ1v) is 12.0. The number of piperidine rings is 1. The summed E-state index contributed by atoms with van der Waals surface area (Å²) in [5.74, 6) is 1.62. The van der Waals surface area contributed by atoms with Crippen LogP contribution in [0.4, 0.5) is 15.9 Å². The van der Waals surface area contributed by atoms with Gasteiger partial charge in [-0.15, -0.1) is 0 Å². The second-order valence-corrected chi connectivity index (χ2v) is 9.34. The number of aryl methyl sites for hydroxylation is 1. The summed E-state index contributed by atoms with van der Waals surface area (Å²) >= 11 is 0. The van der Waals surface area contributed by atoms with Crippen molar-refractivity contribution in [1.82, 2.24) is 14.9 Å².